The number of nitrogens with two attached hydrogens (primary N) is 1. The summed E-state index contributed by atoms with van der Waals surface area (Å²) >= 11 is 0. The quantitative estimate of drug-likeness (QED) is 0.402. The van der Waals surface area contributed by atoms with Gasteiger partial charge in [0.25, 0.3) is 10.1 Å². The first-order valence-corrected chi connectivity index (χ1v) is 3.65. The van der Waals surface area contributed by atoms with Crippen LogP contribution in [0, 0.1) is 0 Å². The van der Waals surface area contributed by atoms with Crippen LogP contribution in [0.3, 0.4) is 0 Å². The van der Waals surface area contributed by atoms with Crippen LogP contribution < -0.4 is 5.73 Å². The van der Waals surface area contributed by atoms with Crippen LogP contribution in [0.15, 0.2) is 0 Å². The Morgan fingerprint density at radius 1 is 1.67 bits per heavy atom. The molecule has 0 aromatic heterocycles. The molecule has 3 N–H and O–H groups in total. The summed E-state index contributed by atoms with van der Waals surface area (Å²) in [5.41, 5.74) is 4.92. The van der Waals surface area contributed by atoms with Crippen LogP contribution in [0.5, 0.6) is 0 Å². The van der Waals surface area contributed by atoms with Gasteiger partial charge >= 0.3 is 51.4 Å². The summed E-state index contributed by atoms with van der Waals surface area (Å²) in [7, 11) is -3.88. The van der Waals surface area contributed by atoms with Crippen molar-refractivity contribution in [2.75, 3.05) is 6.54 Å². The first-order valence-electron chi connectivity index (χ1n) is 2.15. The first kappa shape index (κ1) is 13.1. The molecule has 6 heteroatoms. The fraction of sp³-hybridized carbons (Fsp3) is 1.00. The van der Waals surface area contributed by atoms with E-state index >= 15 is 0 Å². The molecule has 0 aliphatic rings. The van der Waals surface area contributed by atoms with Gasteiger partial charge < -0.3 is 5.73 Å². The van der Waals surface area contributed by atoms with Crippen molar-refractivity contribution < 1.29 is 13.0 Å². The fourth-order valence-electron chi connectivity index (χ4n) is 0.122. The molecule has 0 saturated heterocycles. The minimum absolute atomic E-state index is 0. The van der Waals surface area contributed by atoms with Crippen molar-refractivity contribution in [3.8, 4) is 0 Å². The summed E-state index contributed by atoms with van der Waals surface area (Å²) < 4.78 is 28.3. The summed E-state index contributed by atoms with van der Waals surface area (Å²) in [6.07, 6.45) is 0. The molecule has 0 aliphatic carbocycles. The van der Waals surface area contributed by atoms with Gasteiger partial charge in [-0.2, -0.15) is 8.42 Å². The second-order valence-corrected chi connectivity index (χ2v) is 3.40. The molecule has 1 atom stereocenters. The zero-order valence-electron chi connectivity index (χ0n) is 4.53. The van der Waals surface area contributed by atoms with E-state index in [0.29, 0.717) is 0 Å². The summed E-state index contributed by atoms with van der Waals surface area (Å²) in [4.78, 5) is 0. The van der Waals surface area contributed by atoms with Gasteiger partial charge in [0.2, 0.25) is 0 Å². The Balaban J connectivity index is 0. The van der Waals surface area contributed by atoms with Crippen LogP contribution in [-0.4, -0.2) is 76.1 Å². The Morgan fingerprint density at radius 3 is 2.00 bits per heavy atom. The van der Waals surface area contributed by atoms with Crippen LogP contribution in [0.1, 0.15) is 6.92 Å². The molecule has 1 unspecified atom stereocenters. The van der Waals surface area contributed by atoms with Crippen LogP contribution in [0.2, 0.25) is 0 Å². The van der Waals surface area contributed by atoms with Crippen molar-refractivity contribution in [1.29, 1.82) is 0 Å². The van der Waals surface area contributed by atoms with Crippen LogP contribution >= 0.6 is 0 Å². The second kappa shape index (κ2) is 5.20. The molecule has 0 bridgehead atoms. The van der Waals surface area contributed by atoms with E-state index < -0.39 is 15.4 Å². The molecule has 0 rings (SSSR count). The second-order valence-electron chi connectivity index (χ2n) is 1.56. The average molecular weight is 179 g/mol. The Kier molecular flexibility index (Phi) is 7.57. The minimum atomic E-state index is -3.88. The summed E-state index contributed by atoms with van der Waals surface area (Å²) in [6.45, 7) is 1.30. The standard InChI is InChI=1S/C3H9NO3S.K.H/c1-3(2-4)8(5,6)7;;/h3H,2,4H2,1H3,(H,5,6,7);;. The SMILES string of the molecule is CC(CN)S(=O)(=O)O.[KH]. The van der Waals surface area contributed by atoms with Crippen molar-refractivity contribution in [3.05, 3.63) is 0 Å². The van der Waals surface area contributed by atoms with Gasteiger partial charge in [-0.05, 0) is 6.92 Å². The van der Waals surface area contributed by atoms with Crippen molar-refractivity contribution in [2.45, 2.75) is 12.2 Å². The summed E-state index contributed by atoms with van der Waals surface area (Å²) in [5.74, 6) is 0. The summed E-state index contributed by atoms with van der Waals surface area (Å²) in [5, 5.41) is -0.845. The third-order valence-electron chi connectivity index (χ3n) is 0.840. The fourth-order valence-corrected chi connectivity index (χ4v) is 0.365. The van der Waals surface area contributed by atoms with E-state index in [1.165, 1.54) is 6.92 Å². The van der Waals surface area contributed by atoms with Gasteiger partial charge in [-0.15, -0.1) is 0 Å². The van der Waals surface area contributed by atoms with E-state index in [1.807, 2.05) is 0 Å². The van der Waals surface area contributed by atoms with E-state index in [4.69, 9.17) is 10.3 Å². The first-order chi connectivity index (χ1) is 3.48. The van der Waals surface area contributed by atoms with E-state index in [9.17, 15) is 8.42 Å². The molecule has 9 heavy (non-hydrogen) atoms. The molecule has 0 spiro atoms. The molecular weight excluding hydrogens is 169 g/mol. The molecule has 0 amide bonds. The van der Waals surface area contributed by atoms with Gasteiger partial charge in [-0.25, -0.2) is 0 Å². The topological polar surface area (TPSA) is 80.4 Å². The molecule has 4 nitrogen and oxygen atoms in total. The Bertz CT molecular complexity index is 154. The molecule has 0 radical (unpaired) electrons. The van der Waals surface area contributed by atoms with Gasteiger partial charge in [0, 0.05) is 6.54 Å². The molecule has 0 aromatic rings. The van der Waals surface area contributed by atoms with E-state index in [2.05, 4.69) is 0 Å². The molecule has 0 aromatic carbocycles. The molecule has 0 saturated carbocycles. The molecular formula is C3H10KNO3S. The van der Waals surface area contributed by atoms with Gasteiger partial charge in [-0.1, -0.05) is 0 Å². The monoisotopic (exact) mass is 179 g/mol. The van der Waals surface area contributed by atoms with Gasteiger partial charge in [0.15, 0.2) is 0 Å². The predicted octanol–water partition coefficient (Wildman–Crippen LogP) is -1.43. The van der Waals surface area contributed by atoms with E-state index in [-0.39, 0.29) is 57.9 Å². The molecule has 0 aliphatic heterocycles. The Hall–Kier alpha value is 1.51. The van der Waals surface area contributed by atoms with Gasteiger partial charge in [-0.3, -0.25) is 4.55 Å². The Morgan fingerprint density at radius 2 is 2.00 bits per heavy atom. The van der Waals surface area contributed by atoms with Gasteiger partial charge in [0.1, 0.15) is 0 Å². The maximum atomic E-state index is 10.0. The van der Waals surface area contributed by atoms with Crippen LogP contribution in [0.4, 0.5) is 0 Å². The summed E-state index contributed by atoms with van der Waals surface area (Å²) in [6, 6.07) is 0. The molecule has 52 valence electrons. The predicted molar refractivity (Wildman–Crippen MR) is 37.2 cm³/mol. The maximum absolute atomic E-state index is 10.0. The van der Waals surface area contributed by atoms with Crippen molar-refractivity contribution >= 4 is 61.5 Å². The third kappa shape index (κ3) is 5.93. The Labute approximate surface area is 97.4 Å². The molecule has 0 heterocycles. The average Bonchev–Trinajstić information content (AvgIpc) is 1.62. The van der Waals surface area contributed by atoms with Crippen LogP contribution in [0.25, 0.3) is 0 Å². The number of hydrogen-bond donors (Lipinski definition) is 2. The number of hydrogen-bond acceptors (Lipinski definition) is 3. The number of rotatable bonds is 2. The zero-order valence-corrected chi connectivity index (χ0v) is 5.35. The van der Waals surface area contributed by atoms with Gasteiger partial charge in [0.05, 0.1) is 5.25 Å². The van der Waals surface area contributed by atoms with Crippen molar-refractivity contribution in [1.82, 2.24) is 0 Å². The zero-order chi connectivity index (χ0) is 6.78. The normalized spacial score (nSPS) is 14.1. The molecule has 0 fully saturated rings. The van der Waals surface area contributed by atoms with Crippen molar-refractivity contribution in [3.63, 3.8) is 0 Å². The van der Waals surface area contributed by atoms with E-state index in [0.717, 1.165) is 0 Å². The third-order valence-corrected chi connectivity index (χ3v) is 2.05. The van der Waals surface area contributed by atoms with E-state index in [1.54, 1.807) is 0 Å². The van der Waals surface area contributed by atoms with Crippen molar-refractivity contribution in [2.24, 2.45) is 5.73 Å². The van der Waals surface area contributed by atoms with Crippen LogP contribution in [-0.2, 0) is 10.1 Å².